The van der Waals surface area contributed by atoms with Crippen LogP contribution in [-0.2, 0) is 5.75 Å². The van der Waals surface area contributed by atoms with E-state index < -0.39 is 16.6 Å². The van der Waals surface area contributed by atoms with Crippen molar-refractivity contribution in [3.63, 3.8) is 0 Å². The van der Waals surface area contributed by atoms with Crippen LogP contribution in [0.5, 0.6) is 5.75 Å². The first-order chi connectivity index (χ1) is 15.0. The van der Waals surface area contributed by atoms with E-state index in [-0.39, 0.29) is 17.5 Å². The van der Waals surface area contributed by atoms with Crippen molar-refractivity contribution in [1.29, 1.82) is 0 Å². The minimum absolute atomic E-state index is 0.0919. The Hall–Kier alpha value is -2.70. The molecule has 156 valence electrons. The third-order valence-corrected chi connectivity index (χ3v) is 8.28. The van der Waals surface area contributed by atoms with Gasteiger partial charge >= 0.3 is 0 Å². The standard InChI is InChI=1S/C24H19ClN2O3S/c25-17-7-3-6-16-19(15-5-2-1-4-14(15)12-31-22(16)17)27-13-24(9-10-24)23(30)20-21(29)18(28)8-11-26(20)27/h1-8,11,19,29H,9-10,12-13H2. The highest BCUT2D eigenvalue weighted by Crippen LogP contribution is 2.54. The molecule has 1 unspecified atom stereocenters. The SMILES string of the molecule is O=C1c2c(O)c(=O)ccn2N(C2c3ccccc3CSc3c(Cl)cccc32)CC12CC2. The van der Waals surface area contributed by atoms with Crippen molar-refractivity contribution >= 4 is 29.1 Å². The van der Waals surface area contributed by atoms with E-state index in [2.05, 4.69) is 23.2 Å². The first-order valence-corrected chi connectivity index (χ1v) is 11.6. The van der Waals surface area contributed by atoms with Gasteiger partial charge in [0.25, 0.3) is 0 Å². The van der Waals surface area contributed by atoms with E-state index >= 15 is 0 Å². The van der Waals surface area contributed by atoms with Crippen LogP contribution in [0.4, 0.5) is 0 Å². The van der Waals surface area contributed by atoms with Crippen molar-refractivity contribution in [2.45, 2.75) is 29.5 Å². The van der Waals surface area contributed by atoms with Crippen molar-refractivity contribution in [3.05, 3.63) is 92.4 Å². The molecule has 5 nitrogen and oxygen atoms in total. The Labute approximate surface area is 188 Å². The minimum atomic E-state index is -0.543. The molecule has 1 spiro atoms. The maximum atomic E-state index is 13.2. The Morgan fingerprint density at radius 2 is 1.81 bits per heavy atom. The summed E-state index contributed by atoms with van der Waals surface area (Å²) < 4.78 is 1.69. The van der Waals surface area contributed by atoms with Crippen LogP contribution in [-0.4, -0.2) is 22.1 Å². The topological polar surface area (TPSA) is 62.5 Å². The maximum absolute atomic E-state index is 13.2. The maximum Gasteiger partial charge on any atom is 0.224 e. The Bertz CT molecular complexity index is 1310. The Balaban J connectivity index is 1.65. The lowest BCUT2D eigenvalue weighted by atomic mass is 9.90. The first kappa shape index (κ1) is 19.0. The van der Waals surface area contributed by atoms with Crippen LogP contribution >= 0.6 is 23.4 Å². The summed E-state index contributed by atoms with van der Waals surface area (Å²) in [6.07, 6.45) is 3.13. The number of hydrogen-bond donors (Lipinski definition) is 1. The molecule has 6 rings (SSSR count). The fraction of sp³-hybridized carbons (Fsp3) is 0.250. The van der Waals surface area contributed by atoms with Gasteiger partial charge in [-0.15, -0.1) is 11.8 Å². The number of carbonyl (C=O) groups excluding carboxylic acids is 1. The lowest BCUT2D eigenvalue weighted by molar-refractivity contribution is 0.0856. The highest BCUT2D eigenvalue weighted by atomic mass is 35.5. The van der Waals surface area contributed by atoms with E-state index in [1.807, 2.05) is 24.3 Å². The Morgan fingerprint density at radius 3 is 2.61 bits per heavy atom. The molecule has 0 amide bonds. The number of benzene rings is 2. The zero-order chi connectivity index (χ0) is 21.3. The number of halogens is 1. The summed E-state index contributed by atoms with van der Waals surface area (Å²) >= 11 is 8.33. The molecule has 1 aromatic heterocycles. The van der Waals surface area contributed by atoms with E-state index in [4.69, 9.17) is 11.6 Å². The van der Waals surface area contributed by atoms with Gasteiger partial charge in [0, 0.05) is 29.5 Å². The number of nitrogens with zero attached hydrogens (tertiary/aromatic N) is 2. The van der Waals surface area contributed by atoms with Gasteiger partial charge in [-0.2, -0.15) is 0 Å². The summed E-state index contributed by atoms with van der Waals surface area (Å²) in [5, 5.41) is 13.4. The number of ketones is 1. The van der Waals surface area contributed by atoms with Gasteiger partial charge in [0.05, 0.1) is 16.5 Å². The van der Waals surface area contributed by atoms with Crippen molar-refractivity contribution < 1.29 is 9.90 Å². The van der Waals surface area contributed by atoms with Gasteiger partial charge in [-0.1, -0.05) is 48.0 Å². The van der Waals surface area contributed by atoms with Crippen molar-refractivity contribution in [2.24, 2.45) is 5.41 Å². The molecule has 3 aliphatic rings. The molecule has 7 heteroatoms. The summed E-state index contributed by atoms with van der Waals surface area (Å²) in [6.45, 7) is 0.525. The molecule has 2 aliphatic heterocycles. The zero-order valence-corrected chi connectivity index (χ0v) is 18.1. The van der Waals surface area contributed by atoms with Crippen LogP contribution in [0.1, 0.15) is 46.1 Å². The third kappa shape index (κ3) is 2.71. The van der Waals surface area contributed by atoms with Crippen LogP contribution < -0.4 is 10.4 Å². The molecule has 0 bridgehead atoms. The highest BCUT2D eigenvalue weighted by Gasteiger charge is 2.56. The highest BCUT2D eigenvalue weighted by molar-refractivity contribution is 7.98. The number of carbonyl (C=O) groups is 1. The molecule has 3 aromatic rings. The van der Waals surface area contributed by atoms with E-state index in [9.17, 15) is 14.7 Å². The summed E-state index contributed by atoms with van der Waals surface area (Å²) in [5.74, 6) is 0.191. The van der Waals surface area contributed by atoms with Gasteiger partial charge in [0.1, 0.15) is 0 Å². The van der Waals surface area contributed by atoms with Gasteiger partial charge in [0.2, 0.25) is 5.43 Å². The summed E-state index contributed by atoms with van der Waals surface area (Å²) in [7, 11) is 0. The van der Waals surface area contributed by atoms with E-state index in [0.29, 0.717) is 11.6 Å². The number of rotatable bonds is 1. The molecule has 1 N–H and O–H groups in total. The molecule has 3 heterocycles. The van der Waals surface area contributed by atoms with Crippen molar-refractivity contribution in [2.75, 3.05) is 11.6 Å². The lowest BCUT2D eigenvalue weighted by Gasteiger charge is -2.43. The summed E-state index contributed by atoms with van der Waals surface area (Å²) in [6, 6.07) is 15.4. The second-order valence-electron chi connectivity index (χ2n) is 8.48. The summed E-state index contributed by atoms with van der Waals surface area (Å²) in [4.78, 5) is 26.5. The number of aromatic hydroxyl groups is 1. The van der Waals surface area contributed by atoms with Crippen molar-refractivity contribution in [1.82, 2.24) is 4.68 Å². The van der Waals surface area contributed by atoms with E-state index in [1.165, 1.54) is 11.6 Å². The third-order valence-electron chi connectivity index (χ3n) is 6.66. The van der Waals surface area contributed by atoms with Crippen LogP contribution in [0.2, 0.25) is 5.02 Å². The number of hydrogen-bond acceptors (Lipinski definition) is 5. The lowest BCUT2D eigenvalue weighted by Crippen LogP contribution is -2.51. The average Bonchev–Trinajstić information content (AvgIpc) is 3.56. The van der Waals surface area contributed by atoms with E-state index in [1.54, 1.807) is 22.6 Å². The molecule has 1 saturated carbocycles. The van der Waals surface area contributed by atoms with Gasteiger partial charge in [0.15, 0.2) is 17.2 Å². The zero-order valence-electron chi connectivity index (χ0n) is 16.5. The molecule has 0 radical (unpaired) electrons. The molecule has 1 fully saturated rings. The number of aromatic nitrogens is 1. The smallest absolute Gasteiger partial charge is 0.224 e. The molecule has 2 aromatic carbocycles. The van der Waals surface area contributed by atoms with Crippen LogP contribution in [0.3, 0.4) is 0 Å². The predicted octanol–water partition coefficient (Wildman–Crippen LogP) is 4.52. The van der Waals surface area contributed by atoms with Gasteiger partial charge < -0.3 is 5.11 Å². The molecular weight excluding hydrogens is 432 g/mol. The largest absolute Gasteiger partial charge is 0.503 e. The molecule has 31 heavy (non-hydrogen) atoms. The monoisotopic (exact) mass is 450 g/mol. The number of thioether (sulfide) groups is 1. The van der Waals surface area contributed by atoms with Gasteiger partial charge in [-0.05, 0) is 35.6 Å². The molecule has 0 saturated heterocycles. The summed E-state index contributed by atoms with van der Waals surface area (Å²) in [5.41, 5.74) is 2.44. The van der Waals surface area contributed by atoms with Crippen LogP contribution in [0, 0.1) is 5.41 Å². The van der Waals surface area contributed by atoms with Gasteiger partial charge in [-0.3, -0.25) is 19.3 Å². The average molecular weight is 451 g/mol. The quantitative estimate of drug-likeness (QED) is 0.590. The van der Waals surface area contributed by atoms with Crippen molar-refractivity contribution in [3.8, 4) is 5.75 Å². The Kier molecular flexibility index (Phi) is 4.08. The number of pyridine rings is 1. The van der Waals surface area contributed by atoms with Crippen LogP contribution in [0.15, 0.2) is 64.4 Å². The molecule has 1 aliphatic carbocycles. The minimum Gasteiger partial charge on any atom is -0.503 e. The molecule has 1 atom stereocenters. The second-order valence-corrected chi connectivity index (χ2v) is 9.87. The number of fused-ring (bicyclic) bond motifs is 3. The number of Topliss-reactive ketones (excluding diaryl/α,β-unsaturated/α-hetero) is 1. The predicted molar refractivity (Wildman–Crippen MR) is 121 cm³/mol. The van der Waals surface area contributed by atoms with E-state index in [0.717, 1.165) is 34.6 Å². The van der Waals surface area contributed by atoms with Gasteiger partial charge in [-0.25, -0.2) is 0 Å². The normalized spacial score (nSPS) is 20.6. The Morgan fingerprint density at radius 1 is 1.03 bits per heavy atom. The fourth-order valence-electron chi connectivity index (χ4n) is 4.87. The first-order valence-electron chi connectivity index (χ1n) is 10.3. The van der Waals surface area contributed by atoms with Crippen LogP contribution in [0.25, 0.3) is 0 Å². The molecular formula is C24H19ClN2O3S. The second kappa shape index (κ2) is 6.65. The fourth-order valence-corrected chi connectivity index (χ4v) is 6.33.